The number of rotatable bonds is 5. The van der Waals surface area contributed by atoms with E-state index >= 15 is 0 Å². The van der Waals surface area contributed by atoms with Gasteiger partial charge in [-0.1, -0.05) is 6.07 Å². The van der Waals surface area contributed by atoms with Crippen LogP contribution in [0.1, 0.15) is 24.4 Å². The molecular weight excluding hydrogens is 404 g/mol. The number of aromatic nitrogens is 3. The van der Waals surface area contributed by atoms with Crippen LogP contribution in [-0.4, -0.2) is 44.7 Å². The lowest BCUT2D eigenvalue weighted by molar-refractivity contribution is 0.171. The van der Waals surface area contributed by atoms with E-state index in [-0.39, 0.29) is 17.2 Å². The summed E-state index contributed by atoms with van der Waals surface area (Å²) in [5.41, 5.74) is 1.68. The first kappa shape index (κ1) is 20.0. The monoisotopic (exact) mass is 427 g/mol. The van der Waals surface area contributed by atoms with Gasteiger partial charge >= 0.3 is 0 Å². The molecule has 7 nitrogen and oxygen atoms in total. The van der Waals surface area contributed by atoms with Gasteiger partial charge in [0.1, 0.15) is 11.2 Å². The van der Waals surface area contributed by atoms with Crippen molar-refractivity contribution in [2.75, 3.05) is 19.6 Å². The van der Waals surface area contributed by atoms with Crippen LogP contribution in [-0.2, 0) is 13.1 Å². The van der Waals surface area contributed by atoms with Gasteiger partial charge in [0, 0.05) is 31.7 Å². The second-order valence-electron chi connectivity index (χ2n) is 8.32. The van der Waals surface area contributed by atoms with Crippen LogP contribution in [0.5, 0.6) is 0 Å². The van der Waals surface area contributed by atoms with E-state index in [0.717, 1.165) is 37.6 Å². The molecular formula is C22H23F2N5O2. The van der Waals surface area contributed by atoms with E-state index in [1.807, 2.05) is 0 Å². The van der Waals surface area contributed by atoms with E-state index in [2.05, 4.69) is 15.2 Å². The summed E-state index contributed by atoms with van der Waals surface area (Å²) in [5, 5.41) is 3.42. The standard InChI is InChI=1S/C22H23F2N5O2/c23-17-2-1-14(9-18(17)24)10-25-15-5-7-27(8-6-15)12-16-13-28-20(30)4-3-19-22(28)29(16)21(31)11-26-19/h1-4,9,11,15-16,25H,5-8,10,12-13H2. The molecule has 2 aromatic heterocycles. The number of pyridine rings is 1. The predicted octanol–water partition coefficient (Wildman–Crippen LogP) is 1.65. The zero-order chi connectivity index (χ0) is 21.5. The van der Waals surface area contributed by atoms with Gasteiger partial charge in [0.2, 0.25) is 0 Å². The van der Waals surface area contributed by atoms with Crippen LogP contribution in [0.4, 0.5) is 8.78 Å². The smallest absolute Gasteiger partial charge is 0.270 e. The summed E-state index contributed by atoms with van der Waals surface area (Å²) in [6.07, 6.45) is 3.16. The Morgan fingerprint density at radius 2 is 1.84 bits per heavy atom. The topological polar surface area (TPSA) is 72.2 Å². The SMILES string of the molecule is O=c1ccc2ncc(=O)n3c2n1CC3CN1CCC(NCc2ccc(F)c(F)c2)CC1. The lowest BCUT2D eigenvalue weighted by Crippen LogP contribution is -2.44. The van der Waals surface area contributed by atoms with Gasteiger partial charge in [0.05, 0.1) is 12.2 Å². The number of benzene rings is 1. The Morgan fingerprint density at radius 1 is 1.03 bits per heavy atom. The average Bonchev–Trinajstić information content (AvgIpc) is 3.15. The quantitative estimate of drug-likeness (QED) is 0.671. The van der Waals surface area contributed by atoms with Crippen LogP contribution >= 0.6 is 0 Å². The van der Waals surface area contributed by atoms with Crippen molar-refractivity contribution in [3.8, 4) is 0 Å². The molecule has 1 fully saturated rings. The Hall–Kier alpha value is -2.91. The van der Waals surface area contributed by atoms with Crippen molar-refractivity contribution >= 4 is 11.2 Å². The summed E-state index contributed by atoms with van der Waals surface area (Å²) in [4.78, 5) is 31.2. The van der Waals surface area contributed by atoms with Crippen molar-refractivity contribution in [3.63, 3.8) is 0 Å². The number of nitrogens with zero attached hydrogens (tertiary/aromatic N) is 4. The minimum Gasteiger partial charge on any atom is -0.310 e. The molecule has 31 heavy (non-hydrogen) atoms. The molecule has 3 aromatic rings. The maximum absolute atomic E-state index is 13.4. The Bertz CT molecular complexity index is 1240. The van der Waals surface area contributed by atoms with Crippen molar-refractivity contribution in [3.05, 3.63) is 74.4 Å². The second-order valence-corrected chi connectivity index (χ2v) is 8.32. The molecule has 0 aliphatic carbocycles. The van der Waals surface area contributed by atoms with Crippen molar-refractivity contribution in [2.45, 2.75) is 38.0 Å². The fourth-order valence-corrected chi connectivity index (χ4v) is 4.69. The highest BCUT2D eigenvalue weighted by Gasteiger charge is 2.29. The Morgan fingerprint density at radius 3 is 2.61 bits per heavy atom. The molecule has 1 unspecified atom stereocenters. The average molecular weight is 427 g/mol. The second kappa shape index (κ2) is 7.97. The summed E-state index contributed by atoms with van der Waals surface area (Å²) < 4.78 is 29.8. The van der Waals surface area contributed by atoms with Crippen LogP contribution in [0.15, 0.2) is 46.1 Å². The summed E-state index contributed by atoms with van der Waals surface area (Å²) in [7, 11) is 0. The van der Waals surface area contributed by atoms with Crippen LogP contribution in [0, 0.1) is 11.6 Å². The molecule has 2 aliphatic heterocycles. The van der Waals surface area contributed by atoms with Crippen molar-refractivity contribution in [2.24, 2.45) is 0 Å². The number of hydrogen-bond acceptors (Lipinski definition) is 5. The van der Waals surface area contributed by atoms with E-state index in [1.54, 1.807) is 21.3 Å². The lowest BCUT2D eigenvalue weighted by Gasteiger charge is -2.34. The molecule has 0 saturated carbocycles. The van der Waals surface area contributed by atoms with Crippen molar-refractivity contribution in [1.82, 2.24) is 24.3 Å². The van der Waals surface area contributed by atoms with Gasteiger partial charge in [-0.15, -0.1) is 0 Å². The van der Waals surface area contributed by atoms with E-state index in [0.29, 0.717) is 36.8 Å². The Balaban J connectivity index is 1.21. The third-order valence-corrected chi connectivity index (χ3v) is 6.31. The van der Waals surface area contributed by atoms with Gasteiger partial charge in [-0.05, 0) is 49.7 Å². The zero-order valence-corrected chi connectivity index (χ0v) is 16.9. The van der Waals surface area contributed by atoms with Crippen LogP contribution in [0.25, 0.3) is 11.2 Å². The first-order valence-corrected chi connectivity index (χ1v) is 10.5. The van der Waals surface area contributed by atoms with E-state index in [9.17, 15) is 18.4 Å². The Kier molecular flexibility index (Phi) is 5.15. The molecule has 5 rings (SSSR count). The number of nitrogens with one attached hydrogen (secondary N) is 1. The molecule has 1 aromatic carbocycles. The zero-order valence-electron chi connectivity index (χ0n) is 16.9. The lowest BCUT2D eigenvalue weighted by atomic mass is 10.0. The molecule has 1 atom stereocenters. The van der Waals surface area contributed by atoms with E-state index in [1.165, 1.54) is 18.3 Å². The summed E-state index contributed by atoms with van der Waals surface area (Å²) >= 11 is 0. The summed E-state index contributed by atoms with van der Waals surface area (Å²) in [6.45, 7) is 3.38. The van der Waals surface area contributed by atoms with Crippen LogP contribution in [0.3, 0.4) is 0 Å². The summed E-state index contributed by atoms with van der Waals surface area (Å²) in [5.74, 6) is -1.66. The molecule has 4 heterocycles. The van der Waals surface area contributed by atoms with Gasteiger partial charge in [-0.3, -0.25) is 18.7 Å². The predicted molar refractivity (Wildman–Crippen MR) is 112 cm³/mol. The summed E-state index contributed by atoms with van der Waals surface area (Å²) in [6, 6.07) is 7.33. The first-order valence-electron chi connectivity index (χ1n) is 10.5. The molecule has 162 valence electrons. The van der Waals surface area contributed by atoms with E-state index < -0.39 is 11.6 Å². The number of hydrogen-bond donors (Lipinski definition) is 1. The molecule has 9 heteroatoms. The highest BCUT2D eigenvalue weighted by molar-refractivity contribution is 5.71. The maximum atomic E-state index is 13.4. The highest BCUT2D eigenvalue weighted by atomic mass is 19.2. The van der Waals surface area contributed by atoms with E-state index in [4.69, 9.17) is 0 Å². The molecule has 0 bridgehead atoms. The van der Waals surface area contributed by atoms with Gasteiger partial charge in [-0.25, -0.2) is 13.8 Å². The molecule has 0 amide bonds. The van der Waals surface area contributed by atoms with Gasteiger partial charge < -0.3 is 10.2 Å². The molecule has 2 aliphatic rings. The largest absolute Gasteiger partial charge is 0.310 e. The number of piperidine rings is 1. The third kappa shape index (κ3) is 3.79. The molecule has 1 N–H and O–H groups in total. The molecule has 1 saturated heterocycles. The van der Waals surface area contributed by atoms with Crippen LogP contribution < -0.4 is 16.4 Å². The highest BCUT2D eigenvalue weighted by Crippen LogP contribution is 2.24. The molecule has 0 radical (unpaired) electrons. The number of halogens is 2. The Labute approximate surface area is 176 Å². The van der Waals surface area contributed by atoms with Crippen molar-refractivity contribution < 1.29 is 8.78 Å². The fraction of sp³-hybridized carbons (Fsp3) is 0.409. The minimum atomic E-state index is -0.834. The van der Waals surface area contributed by atoms with Crippen molar-refractivity contribution in [1.29, 1.82) is 0 Å². The van der Waals surface area contributed by atoms with Gasteiger partial charge in [0.25, 0.3) is 11.1 Å². The van der Waals surface area contributed by atoms with Gasteiger partial charge in [0.15, 0.2) is 11.6 Å². The normalized spacial score (nSPS) is 19.4. The first-order chi connectivity index (χ1) is 15.0. The number of likely N-dealkylation sites (tertiary alicyclic amines) is 1. The van der Waals surface area contributed by atoms with Gasteiger partial charge in [-0.2, -0.15) is 0 Å². The van der Waals surface area contributed by atoms with Crippen LogP contribution in [0.2, 0.25) is 0 Å². The third-order valence-electron chi connectivity index (χ3n) is 6.31. The fourth-order valence-electron chi connectivity index (χ4n) is 4.69. The minimum absolute atomic E-state index is 0.0974. The maximum Gasteiger partial charge on any atom is 0.270 e. The molecule has 0 spiro atoms.